The highest BCUT2D eigenvalue weighted by atomic mass is 19.1. The second-order valence-corrected chi connectivity index (χ2v) is 6.44. The highest BCUT2D eigenvalue weighted by molar-refractivity contribution is 5.55. The van der Waals surface area contributed by atoms with Gasteiger partial charge in [-0.2, -0.15) is 0 Å². The minimum atomic E-state index is -0.173. The molecule has 21 heavy (non-hydrogen) atoms. The summed E-state index contributed by atoms with van der Waals surface area (Å²) in [4.78, 5) is 2.07. The Kier molecular flexibility index (Phi) is 6.62. The van der Waals surface area contributed by atoms with Crippen LogP contribution in [0.3, 0.4) is 0 Å². The van der Waals surface area contributed by atoms with Crippen LogP contribution in [0.5, 0.6) is 0 Å². The van der Waals surface area contributed by atoms with Gasteiger partial charge in [-0.25, -0.2) is 4.39 Å². The van der Waals surface area contributed by atoms with E-state index >= 15 is 0 Å². The van der Waals surface area contributed by atoms with Crippen molar-refractivity contribution in [3.63, 3.8) is 0 Å². The van der Waals surface area contributed by atoms with E-state index in [2.05, 4.69) is 37.9 Å². The molecule has 1 aromatic rings. The molecule has 0 aliphatic heterocycles. The number of methoxy groups -OCH3 is 1. The van der Waals surface area contributed by atoms with Crippen molar-refractivity contribution in [2.75, 3.05) is 25.2 Å². The van der Waals surface area contributed by atoms with Crippen molar-refractivity contribution < 1.29 is 9.13 Å². The van der Waals surface area contributed by atoms with Crippen LogP contribution in [0.15, 0.2) is 18.2 Å². The summed E-state index contributed by atoms with van der Waals surface area (Å²) in [5.41, 5.74) is 1.66. The third-order valence-electron chi connectivity index (χ3n) is 3.45. The summed E-state index contributed by atoms with van der Waals surface area (Å²) in [6.45, 7) is 12.4. The number of hydrogen-bond acceptors (Lipinski definition) is 3. The Bertz CT molecular complexity index is 443. The molecule has 0 aliphatic carbocycles. The molecule has 0 heterocycles. The first-order chi connectivity index (χ1) is 9.80. The normalized spacial score (nSPS) is 13.3. The van der Waals surface area contributed by atoms with E-state index in [1.807, 2.05) is 13.0 Å². The number of nitrogens with zero attached hydrogens (tertiary/aromatic N) is 1. The van der Waals surface area contributed by atoms with Gasteiger partial charge in [0.25, 0.3) is 0 Å². The summed E-state index contributed by atoms with van der Waals surface area (Å²) in [6, 6.07) is 5.41. The fourth-order valence-electron chi connectivity index (χ4n) is 2.41. The minimum Gasteiger partial charge on any atom is -0.383 e. The summed E-state index contributed by atoms with van der Waals surface area (Å²) in [5.74, 6) is -0.173. The van der Waals surface area contributed by atoms with Gasteiger partial charge in [0.2, 0.25) is 0 Å². The van der Waals surface area contributed by atoms with E-state index in [9.17, 15) is 4.39 Å². The van der Waals surface area contributed by atoms with Gasteiger partial charge in [0.1, 0.15) is 5.82 Å². The fourth-order valence-corrected chi connectivity index (χ4v) is 2.41. The number of nitrogens with one attached hydrogen (secondary N) is 1. The van der Waals surface area contributed by atoms with Crippen molar-refractivity contribution in [2.24, 2.45) is 0 Å². The molecule has 0 spiro atoms. The second kappa shape index (κ2) is 7.76. The average molecular weight is 296 g/mol. The highest BCUT2D eigenvalue weighted by Crippen LogP contribution is 2.27. The standard InChI is InChI=1S/C17H29FN2O/c1-7-20(13(2)12-21-6)16-14(9-8-10-15(16)18)11-19-17(3,4)5/h8-10,13,19H,7,11-12H2,1-6H3. The molecule has 1 atom stereocenters. The highest BCUT2D eigenvalue weighted by Gasteiger charge is 2.20. The molecular weight excluding hydrogens is 267 g/mol. The third-order valence-corrected chi connectivity index (χ3v) is 3.45. The van der Waals surface area contributed by atoms with Gasteiger partial charge in [0.15, 0.2) is 0 Å². The van der Waals surface area contributed by atoms with Crippen molar-refractivity contribution >= 4 is 5.69 Å². The first kappa shape index (κ1) is 17.9. The molecule has 0 aliphatic rings. The zero-order chi connectivity index (χ0) is 16.0. The predicted octanol–water partition coefficient (Wildman–Crippen LogP) is 3.58. The number of para-hydroxylation sites is 1. The van der Waals surface area contributed by atoms with Crippen molar-refractivity contribution in [1.82, 2.24) is 5.32 Å². The fraction of sp³-hybridized carbons (Fsp3) is 0.647. The van der Waals surface area contributed by atoms with E-state index in [-0.39, 0.29) is 17.4 Å². The molecule has 4 heteroatoms. The van der Waals surface area contributed by atoms with Crippen LogP contribution in [0.25, 0.3) is 0 Å². The second-order valence-electron chi connectivity index (χ2n) is 6.44. The van der Waals surface area contributed by atoms with Crippen LogP contribution in [-0.2, 0) is 11.3 Å². The lowest BCUT2D eigenvalue weighted by atomic mass is 10.1. The first-order valence-corrected chi connectivity index (χ1v) is 7.58. The Hall–Kier alpha value is -1.13. The largest absolute Gasteiger partial charge is 0.383 e. The van der Waals surface area contributed by atoms with Gasteiger partial charge in [0, 0.05) is 31.8 Å². The summed E-state index contributed by atoms with van der Waals surface area (Å²) < 4.78 is 19.6. The molecule has 1 N–H and O–H groups in total. The zero-order valence-corrected chi connectivity index (χ0v) is 14.2. The van der Waals surface area contributed by atoms with Crippen LogP contribution in [0.1, 0.15) is 40.2 Å². The smallest absolute Gasteiger partial charge is 0.146 e. The molecule has 0 radical (unpaired) electrons. The van der Waals surface area contributed by atoms with Gasteiger partial charge in [0.05, 0.1) is 12.3 Å². The minimum absolute atomic E-state index is 0.00121. The number of halogens is 1. The predicted molar refractivity (Wildman–Crippen MR) is 87.4 cm³/mol. The van der Waals surface area contributed by atoms with Crippen molar-refractivity contribution in [3.8, 4) is 0 Å². The molecule has 3 nitrogen and oxygen atoms in total. The number of anilines is 1. The summed E-state index contributed by atoms with van der Waals surface area (Å²) in [6.07, 6.45) is 0. The summed E-state index contributed by atoms with van der Waals surface area (Å²) in [5, 5.41) is 3.43. The van der Waals surface area contributed by atoms with Gasteiger partial charge in [-0.3, -0.25) is 0 Å². The molecular formula is C17H29FN2O. The Morgan fingerprint density at radius 3 is 2.52 bits per heavy atom. The van der Waals surface area contributed by atoms with Crippen LogP contribution >= 0.6 is 0 Å². The molecule has 0 fully saturated rings. The molecule has 1 aromatic carbocycles. The van der Waals surface area contributed by atoms with Crippen molar-refractivity contribution in [2.45, 2.75) is 52.7 Å². The molecule has 0 saturated carbocycles. The monoisotopic (exact) mass is 296 g/mol. The molecule has 1 unspecified atom stereocenters. The maximum atomic E-state index is 14.4. The lowest BCUT2D eigenvalue weighted by Crippen LogP contribution is -2.39. The number of ether oxygens (including phenoxy) is 1. The van der Waals surface area contributed by atoms with E-state index in [4.69, 9.17) is 4.74 Å². The molecule has 0 aromatic heterocycles. The lowest BCUT2D eigenvalue weighted by Gasteiger charge is -2.32. The Balaban J connectivity index is 3.08. The lowest BCUT2D eigenvalue weighted by molar-refractivity contribution is 0.181. The quantitative estimate of drug-likeness (QED) is 0.832. The van der Waals surface area contributed by atoms with E-state index in [1.54, 1.807) is 13.2 Å². The van der Waals surface area contributed by atoms with E-state index in [0.29, 0.717) is 18.8 Å². The topological polar surface area (TPSA) is 24.5 Å². The number of rotatable bonds is 7. The molecule has 0 amide bonds. The van der Waals surface area contributed by atoms with Crippen molar-refractivity contribution in [1.29, 1.82) is 0 Å². The maximum Gasteiger partial charge on any atom is 0.146 e. The van der Waals surface area contributed by atoms with Gasteiger partial charge >= 0.3 is 0 Å². The van der Waals surface area contributed by atoms with Gasteiger partial charge in [-0.05, 0) is 46.2 Å². The molecule has 0 saturated heterocycles. The van der Waals surface area contributed by atoms with Crippen LogP contribution in [-0.4, -0.2) is 31.8 Å². The van der Waals surface area contributed by atoms with Crippen LogP contribution in [0.4, 0.5) is 10.1 Å². The van der Waals surface area contributed by atoms with E-state index in [0.717, 1.165) is 12.1 Å². The van der Waals surface area contributed by atoms with Crippen LogP contribution in [0.2, 0.25) is 0 Å². The van der Waals surface area contributed by atoms with Gasteiger partial charge in [-0.15, -0.1) is 0 Å². The average Bonchev–Trinajstić information content (AvgIpc) is 2.39. The Morgan fingerprint density at radius 1 is 1.33 bits per heavy atom. The number of hydrogen-bond donors (Lipinski definition) is 1. The van der Waals surface area contributed by atoms with Crippen LogP contribution < -0.4 is 10.2 Å². The van der Waals surface area contributed by atoms with Gasteiger partial charge < -0.3 is 15.0 Å². The first-order valence-electron chi connectivity index (χ1n) is 7.58. The number of benzene rings is 1. The van der Waals surface area contributed by atoms with Gasteiger partial charge in [-0.1, -0.05) is 12.1 Å². The number of likely N-dealkylation sites (N-methyl/N-ethyl adjacent to an activating group) is 1. The third kappa shape index (κ3) is 5.29. The Labute approximate surface area is 128 Å². The van der Waals surface area contributed by atoms with Crippen LogP contribution in [0, 0.1) is 5.82 Å². The zero-order valence-electron chi connectivity index (χ0n) is 14.2. The Morgan fingerprint density at radius 2 is 2.00 bits per heavy atom. The molecule has 0 bridgehead atoms. The molecule has 1 rings (SSSR count). The summed E-state index contributed by atoms with van der Waals surface area (Å²) in [7, 11) is 1.67. The van der Waals surface area contributed by atoms with E-state index < -0.39 is 0 Å². The summed E-state index contributed by atoms with van der Waals surface area (Å²) >= 11 is 0. The molecule has 120 valence electrons. The van der Waals surface area contributed by atoms with Crippen molar-refractivity contribution in [3.05, 3.63) is 29.6 Å². The SMILES string of the molecule is CCN(c1c(F)cccc1CNC(C)(C)C)C(C)COC. The maximum absolute atomic E-state index is 14.4. The van der Waals surface area contributed by atoms with E-state index in [1.165, 1.54) is 6.07 Å².